The minimum absolute atomic E-state index is 0.160. The maximum Gasteiger partial charge on any atom is 0.276 e. The third-order valence-corrected chi connectivity index (χ3v) is 5.50. The second kappa shape index (κ2) is 9.98. The zero-order chi connectivity index (χ0) is 21.4. The third kappa shape index (κ3) is 5.87. The summed E-state index contributed by atoms with van der Waals surface area (Å²) in [7, 11) is -2.13. The van der Waals surface area contributed by atoms with Gasteiger partial charge in [-0.25, -0.2) is 0 Å². The average molecular weight is 429 g/mol. The molecule has 0 saturated carbocycles. The molecular weight excluding hydrogens is 404 g/mol. The number of ether oxygens (including phenoxy) is 2. The molecule has 0 unspecified atom stereocenters. The number of benzene rings is 2. The summed E-state index contributed by atoms with van der Waals surface area (Å²) in [5, 5.41) is 3.79. The first-order valence-corrected chi connectivity index (χ1v) is 11.0. The van der Waals surface area contributed by atoms with E-state index in [1.165, 1.54) is 6.21 Å². The highest BCUT2D eigenvalue weighted by atomic mass is 32.2. The lowest BCUT2D eigenvalue weighted by Gasteiger charge is -2.05. The molecule has 1 N–H and O–H groups in total. The number of rotatable bonds is 10. The predicted octanol–water partition coefficient (Wildman–Crippen LogP) is 4.13. The molecule has 0 atom stereocenters. The molecule has 8 heteroatoms. The number of hydrazone groups is 1. The van der Waals surface area contributed by atoms with Gasteiger partial charge in [0.25, 0.3) is 10.0 Å². The van der Waals surface area contributed by atoms with E-state index >= 15 is 0 Å². The summed E-state index contributed by atoms with van der Waals surface area (Å²) in [5.41, 5.74) is 1.10. The van der Waals surface area contributed by atoms with Gasteiger partial charge in [-0.3, -0.25) is 0 Å². The molecule has 0 bridgehead atoms. The number of hydrogen-bond donors (Lipinski definition) is 1. The van der Waals surface area contributed by atoms with E-state index < -0.39 is 10.0 Å². The molecule has 0 saturated heterocycles. The highest BCUT2D eigenvalue weighted by Crippen LogP contribution is 2.18. The molecule has 0 fully saturated rings. The number of hydrogen-bond acceptors (Lipinski definition) is 6. The molecule has 1 heterocycles. The molecule has 0 aliphatic heterocycles. The van der Waals surface area contributed by atoms with Crippen LogP contribution in [0.15, 0.2) is 75.1 Å². The fourth-order valence-electron chi connectivity index (χ4n) is 2.70. The summed E-state index contributed by atoms with van der Waals surface area (Å²) < 4.78 is 41.0. The molecule has 0 aliphatic carbocycles. The lowest BCUT2D eigenvalue weighted by Crippen LogP contribution is -2.18. The van der Waals surface area contributed by atoms with Crippen LogP contribution >= 0.6 is 0 Å². The van der Waals surface area contributed by atoms with E-state index in [2.05, 4.69) is 16.9 Å². The van der Waals surface area contributed by atoms with Crippen molar-refractivity contribution >= 4 is 16.2 Å². The molecule has 30 heavy (non-hydrogen) atoms. The van der Waals surface area contributed by atoms with Gasteiger partial charge in [-0.2, -0.15) is 18.4 Å². The Hall–Kier alpha value is -3.26. The summed E-state index contributed by atoms with van der Waals surface area (Å²) in [6.07, 6.45) is 3.22. The zero-order valence-corrected chi connectivity index (χ0v) is 17.7. The van der Waals surface area contributed by atoms with Crippen molar-refractivity contribution in [3.63, 3.8) is 0 Å². The smallest absolute Gasteiger partial charge is 0.276 e. The van der Waals surface area contributed by atoms with Gasteiger partial charge in [0.05, 0.1) is 18.2 Å². The van der Waals surface area contributed by atoms with Crippen LogP contribution in [0, 0.1) is 0 Å². The summed E-state index contributed by atoms with van der Waals surface area (Å²) in [6, 6.07) is 17.4. The van der Waals surface area contributed by atoms with Crippen LogP contribution in [0.2, 0.25) is 0 Å². The molecule has 3 aromatic rings. The Morgan fingerprint density at radius 2 is 1.70 bits per heavy atom. The van der Waals surface area contributed by atoms with E-state index in [4.69, 9.17) is 13.9 Å². The molecule has 1 aromatic heterocycles. The van der Waals surface area contributed by atoms with Gasteiger partial charge in [0.1, 0.15) is 29.6 Å². The monoisotopic (exact) mass is 428 g/mol. The Balaban J connectivity index is 1.54. The van der Waals surface area contributed by atoms with Gasteiger partial charge in [-0.05, 0) is 60.5 Å². The number of aryl methyl sites for hydroxylation is 1. The lowest BCUT2D eigenvalue weighted by molar-refractivity contribution is 0.269. The van der Waals surface area contributed by atoms with Crippen molar-refractivity contribution in [2.45, 2.75) is 31.3 Å². The summed E-state index contributed by atoms with van der Waals surface area (Å²) in [5.74, 6) is 2.42. The maximum atomic E-state index is 12.3. The molecule has 0 amide bonds. The first kappa shape index (κ1) is 21.4. The number of nitrogens with one attached hydrogen (secondary N) is 1. The first-order chi connectivity index (χ1) is 14.5. The van der Waals surface area contributed by atoms with Crippen molar-refractivity contribution in [3.05, 3.63) is 77.7 Å². The van der Waals surface area contributed by atoms with Crippen LogP contribution < -0.4 is 14.3 Å². The minimum Gasteiger partial charge on any atom is -0.497 e. The Kier molecular flexibility index (Phi) is 7.13. The molecule has 158 valence electrons. The molecule has 3 rings (SSSR count). The van der Waals surface area contributed by atoms with Gasteiger partial charge in [-0.1, -0.05) is 25.5 Å². The van der Waals surface area contributed by atoms with Gasteiger partial charge < -0.3 is 13.9 Å². The fourth-order valence-corrected chi connectivity index (χ4v) is 3.50. The van der Waals surface area contributed by atoms with Gasteiger partial charge >= 0.3 is 0 Å². The largest absolute Gasteiger partial charge is 0.497 e. The number of nitrogens with zero attached hydrogens (tertiary/aromatic N) is 1. The Bertz CT molecular complexity index is 1070. The quantitative estimate of drug-likeness (QED) is 0.387. The first-order valence-electron chi connectivity index (χ1n) is 9.49. The summed E-state index contributed by atoms with van der Waals surface area (Å²) in [4.78, 5) is 2.35. The van der Waals surface area contributed by atoms with Crippen LogP contribution in [0.5, 0.6) is 11.5 Å². The molecular formula is C22H24N2O5S. The van der Waals surface area contributed by atoms with Gasteiger partial charge in [0.15, 0.2) is 0 Å². The van der Waals surface area contributed by atoms with Crippen LogP contribution in [0.1, 0.15) is 30.4 Å². The SMILES string of the molecule is CCCc1ccc(S(=O)(=O)N/N=C/c2ccc(COc3ccc(OC)cc3)o2)cc1. The topological polar surface area (TPSA) is 90.1 Å². The normalized spacial score (nSPS) is 11.5. The maximum absolute atomic E-state index is 12.3. The van der Waals surface area contributed by atoms with Crippen LogP contribution in [0.25, 0.3) is 0 Å². The second-order valence-electron chi connectivity index (χ2n) is 6.52. The summed E-state index contributed by atoms with van der Waals surface area (Å²) >= 11 is 0. The standard InChI is InChI=1S/C22H24N2O5S/c1-3-4-17-5-13-22(14-6-17)30(25,26)24-23-15-20-11-12-21(29-20)16-28-19-9-7-18(27-2)8-10-19/h5-15,24H,3-4,16H2,1-2H3/b23-15+. The second-order valence-corrected chi connectivity index (χ2v) is 8.18. The van der Waals surface area contributed by atoms with E-state index in [1.54, 1.807) is 55.6 Å². The molecule has 7 nitrogen and oxygen atoms in total. The Morgan fingerprint density at radius 1 is 1.00 bits per heavy atom. The number of sulfonamides is 1. The van der Waals surface area contributed by atoms with Crippen LogP contribution in [0.3, 0.4) is 0 Å². The third-order valence-electron chi connectivity index (χ3n) is 4.26. The van der Waals surface area contributed by atoms with Crippen molar-refractivity contribution < 1.29 is 22.3 Å². The average Bonchev–Trinajstić information content (AvgIpc) is 3.21. The van der Waals surface area contributed by atoms with Gasteiger partial charge in [0, 0.05) is 0 Å². The van der Waals surface area contributed by atoms with Crippen molar-refractivity contribution in [3.8, 4) is 11.5 Å². The van der Waals surface area contributed by atoms with Crippen molar-refractivity contribution in [1.29, 1.82) is 0 Å². The molecule has 0 spiro atoms. The van der Waals surface area contributed by atoms with Crippen molar-refractivity contribution in [2.24, 2.45) is 5.10 Å². The molecule has 0 aliphatic rings. The number of methoxy groups -OCH3 is 1. The van der Waals surface area contributed by atoms with Crippen molar-refractivity contribution in [2.75, 3.05) is 7.11 Å². The molecule has 0 radical (unpaired) electrons. The lowest BCUT2D eigenvalue weighted by atomic mass is 10.1. The highest BCUT2D eigenvalue weighted by Gasteiger charge is 2.12. The van der Waals surface area contributed by atoms with E-state index in [0.29, 0.717) is 17.3 Å². The van der Waals surface area contributed by atoms with E-state index in [0.717, 1.165) is 24.2 Å². The molecule has 2 aromatic carbocycles. The van der Waals surface area contributed by atoms with Gasteiger partial charge in [0.2, 0.25) is 0 Å². The van der Waals surface area contributed by atoms with E-state index in [-0.39, 0.29) is 11.5 Å². The van der Waals surface area contributed by atoms with Gasteiger partial charge in [-0.15, -0.1) is 0 Å². The van der Waals surface area contributed by atoms with E-state index in [9.17, 15) is 8.42 Å². The van der Waals surface area contributed by atoms with Crippen molar-refractivity contribution in [1.82, 2.24) is 4.83 Å². The highest BCUT2D eigenvalue weighted by molar-refractivity contribution is 7.89. The Morgan fingerprint density at radius 3 is 2.37 bits per heavy atom. The fraction of sp³-hybridized carbons (Fsp3) is 0.227. The minimum atomic E-state index is -3.73. The Labute approximate surface area is 176 Å². The zero-order valence-electron chi connectivity index (χ0n) is 16.9. The van der Waals surface area contributed by atoms with Crippen LogP contribution in [-0.4, -0.2) is 21.7 Å². The van der Waals surface area contributed by atoms with Crippen LogP contribution in [-0.2, 0) is 23.1 Å². The summed E-state index contributed by atoms with van der Waals surface area (Å²) in [6.45, 7) is 2.31. The van der Waals surface area contributed by atoms with E-state index in [1.807, 2.05) is 12.1 Å². The van der Waals surface area contributed by atoms with Crippen LogP contribution in [0.4, 0.5) is 0 Å². The number of furan rings is 1. The predicted molar refractivity (Wildman–Crippen MR) is 114 cm³/mol.